The van der Waals surface area contributed by atoms with Gasteiger partial charge in [0.25, 0.3) is 6.04 Å². The summed E-state index contributed by atoms with van der Waals surface area (Å²) in [5, 5.41) is 5.17. The zero-order valence-electron chi connectivity index (χ0n) is 15.3. The summed E-state index contributed by atoms with van der Waals surface area (Å²) >= 11 is 7.07. The minimum absolute atomic E-state index is 0.00170. The second-order valence-corrected chi connectivity index (χ2v) is 7.73. The standard InChI is InChI=1S/C21H21N3OS2/c1-23(2)17-10-12-24(13-11-17)19(20(25)18-9-6-14-27-18)21(26)22-15-16-7-4-3-5-8-16/h3-14,19H,15H2,1-2H3/p+1/t19-/m0/s1. The summed E-state index contributed by atoms with van der Waals surface area (Å²) in [5.41, 5.74) is 2.19. The van der Waals surface area contributed by atoms with Gasteiger partial charge in [0, 0.05) is 38.5 Å². The number of Topliss-reactive ketones (excluding diaryl/α,β-unsaturated/α-hetero) is 1. The summed E-state index contributed by atoms with van der Waals surface area (Å²) in [7, 11) is 3.97. The summed E-state index contributed by atoms with van der Waals surface area (Å²) in [4.78, 5) is 16.4. The molecule has 0 saturated carbocycles. The minimum atomic E-state index is -0.571. The monoisotopic (exact) mass is 396 g/mol. The number of ketones is 1. The molecule has 0 aliphatic carbocycles. The van der Waals surface area contributed by atoms with Crippen LogP contribution in [0.5, 0.6) is 0 Å². The van der Waals surface area contributed by atoms with Crippen molar-refractivity contribution in [1.82, 2.24) is 5.32 Å². The summed E-state index contributed by atoms with van der Waals surface area (Å²) in [6, 6.07) is 17.1. The molecule has 0 unspecified atom stereocenters. The van der Waals surface area contributed by atoms with Gasteiger partial charge in [0.15, 0.2) is 17.4 Å². The number of thiophene rings is 1. The number of hydrogen-bond donors (Lipinski definition) is 1. The third-order valence-corrected chi connectivity index (χ3v) is 5.47. The van der Waals surface area contributed by atoms with Gasteiger partial charge in [-0.15, -0.1) is 11.3 Å². The second-order valence-electron chi connectivity index (χ2n) is 6.35. The molecule has 27 heavy (non-hydrogen) atoms. The molecule has 0 aliphatic heterocycles. The normalized spacial score (nSPS) is 11.6. The van der Waals surface area contributed by atoms with E-state index in [0.29, 0.717) is 16.4 Å². The largest absolute Gasteiger partial charge is 0.377 e. The van der Waals surface area contributed by atoms with Gasteiger partial charge in [-0.1, -0.05) is 48.6 Å². The van der Waals surface area contributed by atoms with E-state index in [1.807, 2.05) is 95.9 Å². The predicted molar refractivity (Wildman–Crippen MR) is 115 cm³/mol. The number of rotatable bonds is 7. The topological polar surface area (TPSA) is 36.2 Å². The molecule has 0 radical (unpaired) electrons. The summed E-state index contributed by atoms with van der Waals surface area (Å²) in [5.74, 6) is -0.00170. The highest BCUT2D eigenvalue weighted by molar-refractivity contribution is 7.80. The molecule has 1 atom stereocenters. The van der Waals surface area contributed by atoms with Gasteiger partial charge in [-0.25, -0.2) is 0 Å². The van der Waals surface area contributed by atoms with Crippen molar-refractivity contribution in [3.8, 4) is 0 Å². The molecule has 1 aromatic carbocycles. The first-order valence-electron chi connectivity index (χ1n) is 8.64. The van der Waals surface area contributed by atoms with Crippen molar-refractivity contribution >= 4 is 40.0 Å². The number of benzene rings is 1. The number of thiocarbonyl (C=S) groups is 1. The quantitative estimate of drug-likeness (QED) is 0.376. The van der Waals surface area contributed by atoms with E-state index < -0.39 is 6.04 Å². The molecule has 138 valence electrons. The Morgan fingerprint density at radius 2 is 1.81 bits per heavy atom. The fourth-order valence-electron chi connectivity index (χ4n) is 2.73. The lowest BCUT2D eigenvalue weighted by Crippen LogP contribution is -2.51. The Hall–Kier alpha value is -2.57. The number of nitrogens with zero attached hydrogens (tertiary/aromatic N) is 2. The molecule has 1 N–H and O–H groups in total. The predicted octanol–water partition coefficient (Wildman–Crippen LogP) is 3.64. The van der Waals surface area contributed by atoms with Gasteiger partial charge in [-0.3, -0.25) is 4.79 Å². The molecule has 0 fully saturated rings. The van der Waals surface area contributed by atoms with Crippen LogP contribution in [0.3, 0.4) is 0 Å². The number of anilines is 1. The average molecular weight is 397 g/mol. The maximum Gasteiger partial charge on any atom is 0.271 e. The Morgan fingerprint density at radius 1 is 1.11 bits per heavy atom. The first kappa shape index (κ1) is 19.2. The van der Waals surface area contributed by atoms with E-state index in [2.05, 4.69) is 5.32 Å². The molecule has 0 spiro atoms. The van der Waals surface area contributed by atoms with Gasteiger partial charge < -0.3 is 10.2 Å². The smallest absolute Gasteiger partial charge is 0.271 e. The lowest BCUT2D eigenvalue weighted by atomic mass is 10.1. The number of pyridine rings is 1. The molecule has 3 aromatic rings. The van der Waals surface area contributed by atoms with Gasteiger partial charge in [-0.2, -0.15) is 4.57 Å². The van der Waals surface area contributed by atoms with Crippen LogP contribution in [0.2, 0.25) is 0 Å². The van der Waals surface area contributed by atoms with Crippen LogP contribution in [-0.2, 0) is 6.54 Å². The van der Waals surface area contributed by atoms with E-state index in [9.17, 15) is 4.79 Å². The van der Waals surface area contributed by atoms with Crippen molar-refractivity contribution in [2.75, 3.05) is 19.0 Å². The van der Waals surface area contributed by atoms with E-state index >= 15 is 0 Å². The minimum Gasteiger partial charge on any atom is -0.377 e. The van der Waals surface area contributed by atoms with Crippen LogP contribution in [-0.4, -0.2) is 24.9 Å². The Labute approximate surface area is 169 Å². The third-order valence-electron chi connectivity index (χ3n) is 4.22. The summed E-state index contributed by atoms with van der Waals surface area (Å²) in [6.45, 7) is 0.588. The highest BCUT2D eigenvalue weighted by Crippen LogP contribution is 2.17. The summed E-state index contributed by atoms with van der Waals surface area (Å²) < 4.78 is 1.87. The molecular formula is C21H22N3OS2+. The van der Waals surface area contributed by atoms with Crippen LogP contribution in [0.1, 0.15) is 21.3 Å². The first-order valence-corrected chi connectivity index (χ1v) is 9.92. The zero-order chi connectivity index (χ0) is 19.2. The SMILES string of the molecule is CN(C)c1cc[n+]([C@@H](C(=O)c2cccs2)C(=S)NCc2ccccc2)cc1. The van der Waals surface area contributed by atoms with Crippen molar-refractivity contribution in [2.45, 2.75) is 12.6 Å². The van der Waals surface area contributed by atoms with Crippen molar-refractivity contribution < 1.29 is 9.36 Å². The number of hydrogen-bond acceptors (Lipinski definition) is 4. The molecule has 0 bridgehead atoms. The second kappa shape index (κ2) is 8.88. The Kier molecular flexibility index (Phi) is 6.32. The van der Waals surface area contributed by atoms with Crippen LogP contribution in [0.4, 0.5) is 5.69 Å². The maximum absolute atomic E-state index is 13.1. The molecule has 0 aliphatic rings. The average Bonchev–Trinajstić information content (AvgIpc) is 3.22. The van der Waals surface area contributed by atoms with Crippen molar-refractivity contribution in [3.05, 3.63) is 82.8 Å². The number of carbonyl (C=O) groups excluding carboxylic acids is 1. The molecule has 0 saturated heterocycles. The fourth-order valence-corrected chi connectivity index (χ4v) is 3.72. The Bertz CT molecular complexity index is 891. The third kappa shape index (κ3) is 4.78. The highest BCUT2D eigenvalue weighted by atomic mass is 32.1. The van der Waals surface area contributed by atoms with Gasteiger partial charge in [0.1, 0.15) is 0 Å². The van der Waals surface area contributed by atoms with Gasteiger partial charge >= 0.3 is 0 Å². The number of nitrogens with one attached hydrogen (secondary N) is 1. The van der Waals surface area contributed by atoms with E-state index in [0.717, 1.165) is 11.3 Å². The van der Waals surface area contributed by atoms with Gasteiger partial charge in [0.2, 0.25) is 5.78 Å². The fraction of sp³-hybridized carbons (Fsp3) is 0.190. The summed E-state index contributed by atoms with van der Waals surface area (Å²) in [6.07, 6.45) is 3.81. The van der Waals surface area contributed by atoms with Crippen LogP contribution < -0.4 is 14.8 Å². The van der Waals surface area contributed by atoms with Crippen LogP contribution in [0.25, 0.3) is 0 Å². The number of aromatic nitrogens is 1. The first-order chi connectivity index (χ1) is 13.1. The van der Waals surface area contributed by atoms with E-state index in [4.69, 9.17) is 12.2 Å². The molecule has 3 rings (SSSR count). The zero-order valence-corrected chi connectivity index (χ0v) is 17.0. The van der Waals surface area contributed by atoms with Crippen molar-refractivity contribution in [3.63, 3.8) is 0 Å². The Balaban J connectivity index is 1.85. The lowest BCUT2D eigenvalue weighted by molar-refractivity contribution is -0.692. The maximum atomic E-state index is 13.1. The van der Waals surface area contributed by atoms with E-state index in [-0.39, 0.29) is 5.78 Å². The van der Waals surface area contributed by atoms with E-state index in [1.54, 1.807) is 0 Å². The van der Waals surface area contributed by atoms with Crippen molar-refractivity contribution in [2.24, 2.45) is 0 Å². The van der Waals surface area contributed by atoms with Gasteiger partial charge in [0.05, 0.1) is 4.88 Å². The molecule has 0 amide bonds. The van der Waals surface area contributed by atoms with Gasteiger partial charge in [-0.05, 0) is 17.0 Å². The number of carbonyl (C=O) groups is 1. The highest BCUT2D eigenvalue weighted by Gasteiger charge is 2.33. The van der Waals surface area contributed by atoms with Crippen molar-refractivity contribution in [1.29, 1.82) is 0 Å². The molecule has 2 aromatic heterocycles. The van der Waals surface area contributed by atoms with Crippen LogP contribution in [0, 0.1) is 0 Å². The molecule has 4 nitrogen and oxygen atoms in total. The molecule has 6 heteroatoms. The Morgan fingerprint density at radius 3 is 2.41 bits per heavy atom. The van der Waals surface area contributed by atoms with Crippen LogP contribution >= 0.6 is 23.6 Å². The molecule has 2 heterocycles. The molecular weight excluding hydrogens is 374 g/mol. The lowest BCUT2D eigenvalue weighted by Gasteiger charge is -2.16. The van der Waals surface area contributed by atoms with E-state index in [1.165, 1.54) is 11.3 Å². The van der Waals surface area contributed by atoms with Crippen LogP contribution in [0.15, 0.2) is 72.4 Å².